The zero-order valence-corrected chi connectivity index (χ0v) is 10.3. The van der Waals surface area contributed by atoms with Crippen LogP contribution in [-0.4, -0.2) is 42.5 Å². The molecule has 3 N–H and O–H groups in total. The second kappa shape index (κ2) is 4.34. The molecule has 4 nitrogen and oxygen atoms in total. The number of nitrogens with two attached hydrogens (primary N) is 1. The van der Waals surface area contributed by atoms with Crippen molar-refractivity contribution >= 4 is 5.91 Å². The molecule has 1 aliphatic carbocycles. The third kappa shape index (κ3) is 2.74. The van der Waals surface area contributed by atoms with Gasteiger partial charge < -0.3 is 11.1 Å². The van der Waals surface area contributed by atoms with Crippen LogP contribution in [0.15, 0.2) is 0 Å². The first-order chi connectivity index (χ1) is 7.49. The van der Waals surface area contributed by atoms with Crippen LogP contribution in [-0.2, 0) is 4.79 Å². The van der Waals surface area contributed by atoms with Gasteiger partial charge in [-0.2, -0.15) is 0 Å². The monoisotopic (exact) mass is 225 g/mol. The van der Waals surface area contributed by atoms with Crippen molar-refractivity contribution in [2.75, 3.05) is 26.2 Å². The first-order valence-electron chi connectivity index (χ1n) is 6.27. The Hall–Kier alpha value is -0.610. The van der Waals surface area contributed by atoms with Gasteiger partial charge in [0, 0.05) is 25.2 Å². The molecule has 16 heavy (non-hydrogen) atoms. The maximum Gasteiger partial charge on any atom is 0.234 e. The van der Waals surface area contributed by atoms with Crippen LogP contribution in [0.4, 0.5) is 0 Å². The number of likely N-dealkylation sites (tertiary alicyclic amines) is 1. The van der Waals surface area contributed by atoms with Crippen LogP contribution in [0.5, 0.6) is 0 Å². The number of nitrogens with one attached hydrogen (secondary N) is 1. The summed E-state index contributed by atoms with van der Waals surface area (Å²) in [7, 11) is 0. The van der Waals surface area contributed by atoms with Crippen molar-refractivity contribution in [2.45, 2.75) is 32.2 Å². The van der Waals surface area contributed by atoms with Crippen LogP contribution in [0, 0.1) is 11.8 Å². The molecule has 2 fully saturated rings. The standard InChI is InChI=1S/C12H23N3O/c1-9(2)5-14-11(16)6-15-7-12(13,8-15)10-3-4-10/h9-10H,3-8,13H2,1-2H3,(H,14,16). The fourth-order valence-corrected chi connectivity index (χ4v) is 2.39. The molecule has 0 unspecified atom stereocenters. The molecule has 2 rings (SSSR count). The number of hydrogen-bond donors (Lipinski definition) is 2. The van der Waals surface area contributed by atoms with E-state index in [4.69, 9.17) is 5.73 Å². The minimum atomic E-state index is 0.0261. The highest BCUT2D eigenvalue weighted by Gasteiger charge is 2.50. The molecule has 92 valence electrons. The number of hydrogen-bond acceptors (Lipinski definition) is 3. The molecule has 0 aromatic heterocycles. The summed E-state index contributed by atoms with van der Waals surface area (Å²) in [5.41, 5.74) is 6.25. The molecule has 2 aliphatic rings. The lowest BCUT2D eigenvalue weighted by atomic mass is 9.86. The van der Waals surface area contributed by atoms with E-state index in [9.17, 15) is 4.79 Å². The van der Waals surface area contributed by atoms with Crippen LogP contribution in [0.2, 0.25) is 0 Å². The van der Waals surface area contributed by atoms with Gasteiger partial charge >= 0.3 is 0 Å². The molecular weight excluding hydrogens is 202 g/mol. The third-order valence-electron chi connectivity index (χ3n) is 3.50. The number of amides is 1. The highest BCUT2D eigenvalue weighted by atomic mass is 16.2. The molecule has 0 radical (unpaired) electrons. The summed E-state index contributed by atoms with van der Waals surface area (Å²) in [6.07, 6.45) is 2.56. The van der Waals surface area contributed by atoms with E-state index in [1.807, 2.05) is 0 Å². The van der Waals surface area contributed by atoms with Gasteiger partial charge in [0.05, 0.1) is 6.54 Å². The van der Waals surface area contributed by atoms with Crippen LogP contribution in [0.1, 0.15) is 26.7 Å². The van der Waals surface area contributed by atoms with Crippen LogP contribution >= 0.6 is 0 Å². The molecule has 0 atom stereocenters. The lowest BCUT2D eigenvalue weighted by Crippen LogP contribution is -2.69. The molecule has 1 heterocycles. The highest BCUT2D eigenvalue weighted by molar-refractivity contribution is 5.78. The molecule has 1 saturated carbocycles. The lowest BCUT2D eigenvalue weighted by molar-refractivity contribution is -0.124. The molecule has 0 aromatic carbocycles. The average molecular weight is 225 g/mol. The lowest BCUT2D eigenvalue weighted by Gasteiger charge is -2.48. The second-order valence-corrected chi connectivity index (χ2v) is 5.85. The van der Waals surface area contributed by atoms with Gasteiger partial charge in [-0.3, -0.25) is 9.69 Å². The summed E-state index contributed by atoms with van der Waals surface area (Å²) in [6.45, 7) is 7.27. The average Bonchev–Trinajstić information content (AvgIpc) is 2.95. The molecule has 0 spiro atoms. The van der Waals surface area contributed by atoms with Gasteiger partial charge in [-0.1, -0.05) is 13.8 Å². The Bertz CT molecular complexity index is 267. The zero-order chi connectivity index (χ0) is 11.8. The summed E-state index contributed by atoms with van der Waals surface area (Å²) in [6, 6.07) is 0. The molecule has 1 aliphatic heterocycles. The molecular formula is C12H23N3O. The van der Waals surface area contributed by atoms with Gasteiger partial charge in [0.15, 0.2) is 0 Å². The van der Waals surface area contributed by atoms with Crippen molar-refractivity contribution in [3.8, 4) is 0 Å². The summed E-state index contributed by atoms with van der Waals surface area (Å²) < 4.78 is 0. The SMILES string of the molecule is CC(C)CNC(=O)CN1CC(N)(C2CC2)C1. The summed E-state index contributed by atoms with van der Waals surface area (Å²) in [4.78, 5) is 13.7. The van der Waals surface area contributed by atoms with Crippen molar-refractivity contribution in [1.82, 2.24) is 10.2 Å². The summed E-state index contributed by atoms with van der Waals surface area (Å²) in [5.74, 6) is 1.37. The first-order valence-corrected chi connectivity index (χ1v) is 6.27. The van der Waals surface area contributed by atoms with Gasteiger partial charge in [-0.15, -0.1) is 0 Å². The van der Waals surface area contributed by atoms with Crippen molar-refractivity contribution in [2.24, 2.45) is 17.6 Å². The van der Waals surface area contributed by atoms with Crippen LogP contribution in [0.25, 0.3) is 0 Å². The van der Waals surface area contributed by atoms with E-state index in [1.165, 1.54) is 12.8 Å². The Labute approximate surface area is 97.6 Å². The van der Waals surface area contributed by atoms with Crippen molar-refractivity contribution in [1.29, 1.82) is 0 Å². The molecule has 1 saturated heterocycles. The van der Waals surface area contributed by atoms with Crippen molar-refractivity contribution < 1.29 is 4.79 Å². The predicted molar refractivity (Wildman–Crippen MR) is 63.9 cm³/mol. The van der Waals surface area contributed by atoms with E-state index >= 15 is 0 Å². The number of carbonyl (C=O) groups excluding carboxylic acids is 1. The van der Waals surface area contributed by atoms with E-state index in [-0.39, 0.29) is 11.4 Å². The molecule has 1 amide bonds. The maximum absolute atomic E-state index is 11.6. The molecule has 0 bridgehead atoms. The van der Waals surface area contributed by atoms with Crippen molar-refractivity contribution in [3.63, 3.8) is 0 Å². The minimum absolute atomic E-state index is 0.0261. The normalized spacial score (nSPS) is 24.2. The quantitative estimate of drug-likeness (QED) is 0.702. The summed E-state index contributed by atoms with van der Waals surface area (Å²) in [5, 5.41) is 2.93. The Morgan fingerprint density at radius 2 is 2.12 bits per heavy atom. The Morgan fingerprint density at radius 3 is 2.62 bits per heavy atom. The summed E-state index contributed by atoms with van der Waals surface area (Å²) >= 11 is 0. The highest BCUT2D eigenvalue weighted by Crippen LogP contribution is 2.42. The van der Waals surface area contributed by atoms with E-state index in [0.717, 1.165) is 25.6 Å². The number of carbonyl (C=O) groups is 1. The van der Waals surface area contributed by atoms with E-state index in [1.54, 1.807) is 0 Å². The van der Waals surface area contributed by atoms with Gasteiger partial charge in [0.1, 0.15) is 0 Å². The second-order valence-electron chi connectivity index (χ2n) is 5.85. The van der Waals surface area contributed by atoms with Crippen LogP contribution in [0.3, 0.4) is 0 Å². The van der Waals surface area contributed by atoms with E-state index in [2.05, 4.69) is 24.1 Å². The van der Waals surface area contributed by atoms with E-state index in [0.29, 0.717) is 12.5 Å². The smallest absolute Gasteiger partial charge is 0.234 e. The fraction of sp³-hybridized carbons (Fsp3) is 0.917. The van der Waals surface area contributed by atoms with E-state index < -0.39 is 0 Å². The van der Waals surface area contributed by atoms with Gasteiger partial charge in [0.2, 0.25) is 5.91 Å². The topological polar surface area (TPSA) is 58.4 Å². The molecule has 4 heteroatoms. The zero-order valence-electron chi connectivity index (χ0n) is 10.3. The maximum atomic E-state index is 11.6. The molecule has 0 aromatic rings. The van der Waals surface area contributed by atoms with Gasteiger partial charge in [-0.05, 0) is 24.7 Å². The van der Waals surface area contributed by atoms with Gasteiger partial charge in [0.25, 0.3) is 0 Å². The Kier molecular flexibility index (Phi) is 3.22. The third-order valence-corrected chi connectivity index (χ3v) is 3.50. The Balaban J connectivity index is 1.63. The van der Waals surface area contributed by atoms with Crippen LogP contribution < -0.4 is 11.1 Å². The number of rotatable bonds is 5. The fourth-order valence-electron chi connectivity index (χ4n) is 2.39. The van der Waals surface area contributed by atoms with Crippen molar-refractivity contribution in [3.05, 3.63) is 0 Å². The largest absolute Gasteiger partial charge is 0.355 e. The Morgan fingerprint density at radius 1 is 1.50 bits per heavy atom. The predicted octanol–water partition coefficient (Wildman–Crippen LogP) is 0.182. The first kappa shape index (κ1) is 11.9. The minimum Gasteiger partial charge on any atom is -0.355 e. The van der Waals surface area contributed by atoms with Gasteiger partial charge in [-0.25, -0.2) is 0 Å². The number of nitrogens with zero attached hydrogens (tertiary/aromatic N) is 1.